The molecule has 0 radical (unpaired) electrons. The van der Waals surface area contributed by atoms with Gasteiger partial charge in [0.2, 0.25) is 11.8 Å². The van der Waals surface area contributed by atoms with E-state index in [-0.39, 0.29) is 45.6 Å². The average molecular weight is 672 g/mol. The maximum absolute atomic E-state index is 14.4. The van der Waals surface area contributed by atoms with E-state index >= 15 is 0 Å². The number of benzene rings is 3. The van der Waals surface area contributed by atoms with Gasteiger partial charge in [-0.2, -0.15) is 0 Å². The normalized spacial score (nSPS) is 14.2. The minimum atomic E-state index is -4.43. The van der Waals surface area contributed by atoms with Gasteiger partial charge in [0.25, 0.3) is 10.0 Å². The quantitative estimate of drug-likeness (QED) is 0.247. The molecule has 12 heteroatoms. The van der Waals surface area contributed by atoms with Crippen LogP contribution in [0.25, 0.3) is 0 Å². The first-order valence-corrected chi connectivity index (χ1v) is 17.0. The maximum Gasteiger partial charge on any atom is 0.265 e. The van der Waals surface area contributed by atoms with Crippen LogP contribution < -0.4 is 23.8 Å². The fourth-order valence-electron chi connectivity index (χ4n) is 5.60. The number of hydrogen-bond acceptors (Lipinski definition) is 7. The second-order valence-corrected chi connectivity index (χ2v) is 13.6. The fourth-order valence-corrected chi connectivity index (χ4v) is 7.20. The Balaban J connectivity index is 1.77. The molecule has 0 saturated heterocycles. The van der Waals surface area contributed by atoms with E-state index in [4.69, 9.17) is 25.8 Å². The Bertz CT molecular complexity index is 1640. The van der Waals surface area contributed by atoms with Crippen molar-refractivity contribution >= 4 is 39.1 Å². The van der Waals surface area contributed by atoms with Crippen LogP contribution in [0.3, 0.4) is 0 Å². The van der Waals surface area contributed by atoms with E-state index in [1.54, 1.807) is 13.0 Å². The van der Waals surface area contributed by atoms with Crippen LogP contribution in [-0.2, 0) is 26.2 Å². The second-order valence-electron chi connectivity index (χ2n) is 11.3. The molecule has 0 spiro atoms. The highest BCUT2D eigenvalue weighted by atomic mass is 35.5. The van der Waals surface area contributed by atoms with E-state index < -0.39 is 28.5 Å². The molecule has 0 aliphatic heterocycles. The van der Waals surface area contributed by atoms with E-state index in [9.17, 15) is 18.0 Å². The highest BCUT2D eigenvalue weighted by molar-refractivity contribution is 7.92. The molecule has 1 aliphatic rings. The standard InChI is InChI=1S/C34H42ClN3O7S/c1-23-11-9-10-12-25(23)21-37(24(2)34(40)36-27-13-7-6-8-14-27)33(39)22-38(29-19-26(35)15-17-30(29)43-3)46(41,42)28-16-18-31(44-4)32(20-28)45-5/h9-12,15-20,24,27H,6-8,13-14,21-22H2,1-5H3,(H,36,40). The van der Waals surface area contributed by atoms with Crippen molar-refractivity contribution in [2.75, 3.05) is 32.2 Å². The van der Waals surface area contributed by atoms with Crippen molar-refractivity contribution in [3.8, 4) is 17.2 Å². The molecule has 1 aliphatic carbocycles. The molecule has 1 saturated carbocycles. The molecule has 0 heterocycles. The first-order chi connectivity index (χ1) is 22.0. The zero-order valence-corrected chi connectivity index (χ0v) is 28.5. The van der Waals surface area contributed by atoms with Crippen LogP contribution in [-0.4, -0.2) is 65.1 Å². The first kappa shape index (κ1) is 34.9. The van der Waals surface area contributed by atoms with E-state index in [0.29, 0.717) is 5.75 Å². The van der Waals surface area contributed by atoms with Crippen LogP contribution in [0, 0.1) is 6.92 Å². The van der Waals surface area contributed by atoms with Crippen molar-refractivity contribution in [2.24, 2.45) is 0 Å². The van der Waals surface area contributed by atoms with E-state index in [2.05, 4.69) is 5.32 Å². The number of methoxy groups -OCH3 is 3. The Morgan fingerprint density at radius 1 is 0.913 bits per heavy atom. The lowest BCUT2D eigenvalue weighted by atomic mass is 9.95. The minimum Gasteiger partial charge on any atom is -0.495 e. The van der Waals surface area contributed by atoms with Crippen LogP contribution in [0.4, 0.5) is 5.69 Å². The lowest BCUT2D eigenvalue weighted by Gasteiger charge is -2.34. The number of sulfonamides is 1. The molecule has 1 fully saturated rings. The third-order valence-corrected chi connectivity index (χ3v) is 10.3. The Morgan fingerprint density at radius 3 is 2.22 bits per heavy atom. The second kappa shape index (κ2) is 15.6. The predicted octanol–water partition coefficient (Wildman–Crippen LogP) is 5.74. The van der Waals surface area contributed by atoms with Crippen LogP contribution >= 0.6 is 11.6 Å². The molecule has 1 atom stereocenters. The zero-order chi connectivity index (χ0) is 33.4. The van der Waals surface area contributed by atoms with Gasteiger partial charge in [-0.1, -0.05) is 55.1 Å². The third-order valence-electron chi connectivity index (χ3n) is 8.35. The summed E-state index contributed by atoms with van der Waals surface area (Å²) in [5.41, 5.74) is 1.84. The molecule has 4 rings (SSSR count). The number of amides is 2. The monoisotopic (exact) mass is 671 g/mol. The molecule has 248 valence electrons. The Labute approximate surface area is 276 Å². The largest absolute Gasteiger partial charge is 0.495 e. The molecule has 0 bridgehead atoms. The lowest BCUT2D eigenvalue weighted by molar-refractivity contribution is -0.139. The van der Waals surface area contributed by atoms with Gasteiger partial charge >= 0.3 is 0 Å². The molecule has 1 unspecified atom stereocenters. The summed E-state index contributed by atoms with van der Waals surface area (Å²) >= 11 is 6.35. The van der Waals surface area contributed by atoms with Crippen LogP contribution in [0.5, 0.6) is 17.2 Å². The number of halogens is 1. The predicted molar refractivity (Wildman–Crippen MR) is 178 cm³/mol. The van der Waals surface area contributed by atoms with Crippen molar-refractivity contribution in [3.05, 3.63) is 76.8 Å². The van der Waals surface area contributed by atoms with Crippen molar-refractivity contribution in [3.63, 3.8) is 0 Å². The molecular formula is C34H42ClN3O7S. The van der Waals surface area contributed by atoms with Crippen molar-refractivity contribution in [1.29, 1.82) is 0 Å². The zero-order valence-electron chi connectivity index (χ0n) is 26.9. The summed E-state index contributed by atoms with van der Waals surface area (Å²) in [6.07, 6.45) is 4.98. The van der Waals surface area contributed by atoms with Gasteiger partial charge in [-0.05, 0) is 68.1 Å². The van der Waals surface area contributed by atoms with Crippen LogP contribution in [0.15, 0.2) is 65.6 Å². The van der Waals surface area contributed by atoms with Gasteiger partial charge in [-0.25, -0.2) is 8.42 Å². The van der Waals surface area contributed by atoms with E-state index in [0.717, 1.165) is 47.5 Å². The summed E-state index contributed by atoms with van der Waals surface area (Å²) in [6, 6.07) is 15.4. The number of nitrogens with one attached hydrogen (secondary N) is 1. The molecule has 1 N–H and O–H groups in total. The molecule has 0 aromatic heterocycles. The van der Waals surface area contributed by atoms with Gasteiger partial charge in [-0.15, -0.1) is 0 Å². The first-order valence-electron chi connectivity index (χ1n) is 15.2. The van der Waals surface area contributed by atoms with Crippen molar-refractivity contribution in [2.45, 2.75) is 69.5 Å². The Kier molecular flexibility index (Phi) is 11.8. The summed E-state index contributed by atoms with van der Waals surface area (Å²) in [6.45, 7) is 3.05. The topological polar surface area (TPSA) is 114 Å². The molecule has 3 aromatic rings. The lowest BCUT2D eigenvalue weighted by Crippen LogP contribution is -2.53. The summed E-state index contributed by atoms with van der Waals surface area (Å²) in [4.78, 5) is 29.3. The number of carbonyl (C=O) groups is 2. The van der Waals surface area contributed by atoms with Gasteiger partial charge < -0.3 is 24.4 Å². The molecule has 10 nitrogen and oxygen atoms in total. The van der Waals surface area contributed by atoms with Crippen LogP contribution in [0.1, 0.15) is 50.2 Å². The summed E-state index contributed by atoms with van der Waals surface area (Å²) < 4.78 is 45.9. The van der Waals surface area contributed by atoms with E-state index in [1.807, 2.05) is 31.2 Å². The Morgan fingerprint density at radius 2 is 1.57 bits per heavy atom. The van der Waals surface area contributed by atoms with Crippen LogP contribution in [0.2, 0.25) is 5.02 Å². The van der Waals surface area contributed by atoms with Crippen molar-refractivity contribution in [1.82, 2.24) is 10.2 Å². The molecular weight excluding hydrogens is 630 g/mol. The van der Waals surface area contributed by atoms with Crippen molar-refractivity contribution < 1.29 is 32.2 Å². The number of aryl methyl sites for hydroxylation is 1. The molecule has 2 amide bonds. The SMILES string of the molecule is COc1ccc(S(=O)(=O)N(CC(=O)N(Cc2ccccc2C)C(C)C(=O)NC2CCCCC2)c2cc(Cl)ccc2OC)cc1OC. The van der Waals surface area contributed by atoms with Gasteiger partial charge in [0.15, 0.2) is 11.5 Å². The Hall–Kier alpha value is -3.96. The highest BCUT2D eigenvalue weighted by Gasteiger charge is 2.35. The van der Waals surface area contributed by atoms with Gasteiger partial charge in [-0.3, -0.25) is 13.9 Å². The molecule has 46 heavy (non-hydrogen) atoms. The maximum atomic E-state index is 14.4. The average Bonchev–Trinajstić information content (AvgIpc) is 3.06. The fraction of sp³-hybridized carbons (Fsp3) is 0.412. The third kappa shape index (κ3) is 8.06. The smallest absolute Gasteiger partial charge is 0.265 e. The number of nitrogens with zero attached hydrogens (tertiary/aromatic N) is 2. The number of hydrogen-bond donors (Lipinski definition) is 1. The number of carbonyl (C=O) groups excluding carboxylic acids is 2. The summed E-state index contributed by atoms with van der Waals surface area (Å²) in [5, 5.41) is 3.36. The summed E-state index contributed by atoms with van der Waals surface area (Å²) in [5.74, 6) is -0.146. The van der Waals surface area contributed by atoms with Gasteiger partial charge in [0.1, 0.15) is 18.3 Å². The minimum absolute atomic E-state index is 0.0387. The highest BCUT2D eigenvalue weighted by Crippen LogP contribution is 2.37. The molecule has 3 aromatic carbocycles. The number of anilines is 1. The number of rotatable bonds is 13. The van der Waals surface area contributed by atoms with E-state index in [1.165, 1.54) is 56.6 Å². The van der Waals surface area contributed by atoms with Gasteiger partial charge in [0, 0.05) is 23.7 Å². The summed E-state index contributed by atoms with van der Waals surface area (Å²) in [7, 11) is -0.179. The number of ether oxygens (including phenoxy) is 3. The van der Waals surface area contributed by atoms with Gasteiger partial charge in [0.05, 0.1) is 31.9 Å².